The zero-order valence-electron chi connectivity index (χ0n) is 10.7. The van der Waals surface area contributed by atoms with E-state index in [4.69, 9.17) is 0 Å². The summed E-state index contributed by atoms with van der Waals surface area (Å²) in [6, 6.07) is 2.97. The van der Waals surface area contributed by atoms with Gasteiger partial charge in [-0.3, -0.25) is 14.9 Å². The Kier molecular flexibility index (Phi) is 4.37. The van der Waals surface area contributed by atoms with Gasteiger partial charge < -0.3 is 5.32 Å². The molecular weight excluding hydrogens is 331 g/mol. The molecule has 1 aliphatic rings. The number of hydrogen-bond donors (Lipinski definition) is 1. The van der Waals surface area contributed by atoms with Crippen molar-refractivity contribution >= 4 is 27.5 Å². The molecule has 0 saturated heterocycles. The fourth-order valence-electron chi connectivity index (χ4n) is 2.50. The van der Waals surface area contributed by atoms with E-state index < -0.39 is 22.3 Å². The molecule has 1 amide bonds. The zero-order chi connectivity index (χ0) is 14.8. The van der Waals surface area contributed by atoms with E-state index in [-0.39, 0.29) is 11.1 Å². The predicted octanol–water partition coefficient (Wildman–Crippen LogP) is 3.17. The number of nitro groups is 1. The fraction of sp³-hybridized carbons (Fsp3) is 0.462. The number of amides is 1. The first-order valence-corrected chi connectivity index (χ1v) is 7.42. The largest absolute Gasteiger partial charge is 0.346 e. The van der Waals surface area contributed by atoms with Crippen LogP contribution in [0.2, 0.25) is 0 Å². The molecule has 108 valence electrons. The van der Waals surface area contributed by atoms with Crippen LogP contribution >= 0.6 is 15.9 Å². The van der Waals surface area contributed by atoms with E-state index in [1.165, 1.54) is 0 Å². The van der Waals surface area contributed by atoms with Crippen LogP contribution in [0.15, 0.2) is 18.2 Å². The normalized spacial score (nSPS) is 16.9. The highest BCUT2D eigenvalue weighted by molar-refractivity contribution is 9.09. The Hall–Kier alpha value is -1.50. The van der Waals surface area contributed by atoms with Gasteiger partial charge in [-0.05, 0) is 25.0 Å². The van der Waals surface area contributed by atoms with Gasteiger partial charge in [-0.25, -0.2) is 4.39 Å². The maximum atomic E-state index is 13.1. The van der Waals surface area contributed by atoms with Gasteiger partial charge in [0.1, 0.15) is 11.4 Å². The molecule has 2 rings (SSSR count). The Morgan fingerprint density at radius 3 is 2.65 bits per heavy atom. The first kappa shape index (κ1) is 14.9. The van der Waals surface area contributed by atoms with Crippen LogP contribution in [0, 0.1) is 15.9 Å². The van der Waals surface area contributed by atoms with Crippen molar-refractivity contribution in [1.29, 1.82) is 0 Å². The van der Waals surface area contributed by atoms with Crippen LogP contribution < -0.4 is 5.32 Å². The van der Waals surface area contributed by atoms with Crippen LogP contribution in [-0.2, 0) is 0 Å². The third kappa shape index (κ3) is 2.98. The molecule has 1 aromatic rings. The molecule has 20 heavy (non-hydrogen) atoms. The van der Waals surface area contributed by atoms with Crippen molar-refractivity contribution in [3.63, 3.8) is 0 Å². The lowest BCUT2D eigenvalue weighted by molar-refractivity contribution is -0.385. The highest BCUT2D eigenvalue weighted by Gasteiger charge is 2.35. The number of carbonyl (C=O) groups is 1. The lowest BCUT2D eigenvalue weighted by Gasteiger charge is -2.28. The summed E-state index contributed by atoms with van der Waals surface area (Å²) in [5.74, 6) is -1.26. The summed E-state index contributed by atoms with van der Waals surface area (Å²) in [4.78, 5) is 22.4. The summed E-state index contributed by atoms with van der Waals surface area (Å²) in [7, 11) is 0. The van der Waals surface area contributed by atoms with Gasteiger partial charge in [0.05, 0.1) is 16.5 Å². The van der Waals surface area contributed by atoms with Gasteiger partial charge in [0.15, 0.2) is 0 Å². The maximum Gasteiger partial charge on any atom is 0.285 e. The molecule has 0 radical (unpaired) electrons. The molecule has 1 saturated carbocycles. The maximum absolute atomic E-state index is 13.1. The fourth-order valence-corrected chi connectivity index (χ4v) is 3.20. The van der Waals surface area contributed by atoms with Crippen LogP contribution in [0.25, 0.3) is 0 Å². The number of nitrogens with zero attached hydrogens (tertiary/aromatic N) is 1. The van der Waals surface area contributed by atoms with Crippen molar-refractivity contribution in [1.82, 2.24) is 5.32 Å². The number of benzene rings is 1. The second kappa shape index (κ2) is 5.87. The van der Waals surface area contributed by atoms with E-state index in [1.54, 1.807) is 0 Å². The van der Waals surface area contributed by atoms with E-state index in [1.807, 2.05) is 0 Å². The number of hydrogen-bond acceptors (Lipinski definition) is 3. The van der Waals surface area contributed by atoms with E-state index in [0.717, 1.165) is 43.9 Å². The molecule has 1 aromatic carbocycles. The lowest BCUT2D eigenvalue weighted by Crippen LogP contribution is -2.47. The van der Waals surface area contributed by atoms with Gasteiger partial charge >= 0.3 is 0 Å². The first-order valence-electron chi connectivity index (χ1n) is 6.30. The van der Waals surface area contributed by atoms with Gasteiger partial charge in [-0.15, -0.1) is 0 Å². The molecule has 5 nitrogen and oxygen atoms in total. The average molecular weight is 345 g/mol. The molecule has 1 aliphatic carbocycles. The molecule has 1 N–H and O–H groups in total. The smallest absolute Gasteiger partial charge is 0.285 e. The second-order valence-electron chi connectivity index (χ2n) is 4.99. The topological polar surface area (TPSA) is 72.2 Å². The van der Waals surface area contributed by atoms with Gasteiger partial charge in [-0.1, -0.05) is 28.8 Å². The Balaban J connectivity index is 2.27. The number of carbonyl (C=O) groups excluding carboxylic acids is 1. The van der Waals surface area contributed by atoms with Gasteiger partial charge in [-0.2, -0.15) is 0 Å². The van der Waals surface area contributed by atoms with Crippen molar-refractivity contribution in [2.24, 2.45) is 0 Å². The van der Waals surface area contributed by atoms with Crippen LogP contribution in [0.1, 0.15) is 36.0 Å². The molecule has 0 aliphatic heterocycles. The van der Waals surface area contributed by atoms with Gasteiger partial charge in [0, 0.05) is 5.33 Å². The molecule has 7 heteroatoms. The predicted molar refractivity (Wildman–Crippen MR) is 75.5 cm³/mol. The Morgan fingerprint density at radius 1 is 1.45 bits per heavy atom. The lowest BCUT2D eigenvalue weighted by atomic mass is 9.99. The number of nitrogens with one attached hydrogen (secondary N) is 1. The van der Waals surface area contributed by atoms with Crippen molar-refractivity contribution in [3.8, 4) is 0 Å². The number of halogens is 2. The number of nitro benzene ring substituents is 1. The minimum Gasteiger partial charge on any atom is -0.346 e. The zero-order valence-corrected chi connectivity index (χ0v) is 12.3. The third-order valence-electron chi connectivity index (χ3n) is 3.60. The number of alkyl halides is 1. The van der Waals surface area contributed by atoms with E-state index in [0.29, 0.717) is 5.33 Å². The Bertz CT molecular complexity index is 544. The first-order chi connectivity index (χ1) is 9.47. The summed E-state index contributed by atoms with van der Waals surface area (Å²) in [6.07, 6.45) is 3.69. The van der Waals surface area contributed by atoms with E-state index >= 15 is 0 Å². The standard InChI is InChI=1S/C13H14BrFN2O3/c14-8-13(5-1-2-6-13)16-12(18)10-4-3-9(15)7-11(10)17(19)20/h3-4,7H,1-2,5-6,8H2,(H,16,18). The molecule has 0 bridgehead atoms. The summed E-state index contributed by atoms with van der Waals surface area (Å²) >= 11 is 3.38. The number of rotatable bonds is 4. The minimum absolute atomic E-state index is 0.108. The Labute approximate surface area is 123 Å². The second-order valence-corrected chi connectivity index (χ2v) is 5.55. The highest BCUT2D eigenvalue weighted by atomic mass is 79.9. The molecule has 0 heterocycles. The molecule has 0 aromatic heterocycles. The summed E-state index contributed by atoms with van der Waals surface area (Å²) in [6.45, 7) is 0. The highest BCUT2D eigenvalue weighted by Crippen LogP contribution is 2.32. The summed E-state index contributed by atoms with van der Waals surface area (Å²) < 4.78 is 13.1. The van der Waals surface area contributed by atoms with Crippen LogP contribution in [-0.4, -0.2) is 21.7 Å². The molecule has 0 atom stereocenters. The van der Waals surface area contributed by atoms with E-state index in [9.17, 15) is 19.3 Å². The summed E-state index contributed by atoms with van der Waals surface area (Å²) in [5, 5.41) is 14.4. The van der Waals surface area contributed by atoms with E-state index in [2.05, 4.69) is 21.2 Å². The Morgan fingerprint density at radius 2 is 2.10 bits per heavy atom. The van der Waals surface area contributed by atoms with Crippen LogP contribution in [0.4, 0.5) is 10.1 Å². The van der Waals surface area contributed by atoms with Crippen molar-refractivity contribution in [2.75, 3.05) is 5.33 Å². The minimum atomic E-state index is -0.743. The monoisotopic (exact) mass is 344 g/mol. The quantitative estimate of drug-likeness (QED) is 0.518. The van der Waals surface area contributed by atoms with Gasteiger partial charge in [0.25, 0.3) is 11.6 Å². The molecular formula is C13H14BrFN2O3. The summed E-state index contributed by atoms with van der Waals surface area (Å²) in [5.41, 5.74) is -0.979. The molecule has 0 unspecified atom stereocenters. The third-order valence-corrected chi connectivity index (χ3v) is 4.67. The van der Waals surface area contributed by atoms with Crippen molar-refractivity contribution in [3.05, 3.63) is 39.7 Å². The van der Waals surface area contributed by atoms with Crippen molar-refractivity contribution < 1.29 is 14.1 Å². The average Bonchev–Trinajstić information content (AvgIpc) is 2.87. The molecule has 1 fully saturated rings. The SMILES string of the molecule is O=C(NC1(CBr)CCCC1)c1ccc(F)cc1[N+](=O)[O-]. The molecule has 0 spiro atoms. The van der Waals surface area contributed by atoms with Crippen molar-refractivity contribution in [2.45, 2.75) is 31.2 Å². The van der Waals surface area contributed by atoms with Crippen LogP contribution in [0.3, 0.4) is 0 Å². The van der Waals surface area contributed by atoms with Crippen LogP contribution in [0.5, 0.6) is 0 Å². The van der Waals surface area contributed by atoms with Gasteiger partial charge in [0.2, 0.25) is 0 Å².